The van der Waals surface area contributed by atoms with E-state index in [-0.39, 0.29) is 5.92 Å². The molecule has 0 radical (unpaired) electrons. The van der Waals surface area contributed by atoms with E-state index in [1.165, 1.54) is 12.5 Å². The predicted octanol–water partition coefficient (Wildman–Crippen LogP) is 3.37. The molecule has 0 aromatic heterocycles. The Morgan fingerprint density at radius 2 is 1.92 bits per heavy atom. The van der Waals surface area contributed by atoms with Crippen molar-refractivity contribution < 1.29 is 24.2 Å². The van der Waals surface area contributed by atoms with Crippen molar-refractivity contribution in [2.24, 2.45) is 11.1 Å². The monoisotopic (exact) mass is 349 g/mol. The number of oxime groups is 1. The highest BCUT2D eigenvalue weighted by Gasteiger charge is 2.40. The van der Waals surface area contributed by atoms with Crippen LogP contribution >= 0.6 is 0 Å². The van der Waals surface area contributed by atoms with E-state index in [1.807, 2.05) is 19.1 Å². The highest BCUT2D eigenvalue weighted by Crippen LogP contribution is 2.24. The number of unbranched alkanes of at least 4 members (excludes halogenated alkanes) is 1. The van der Waals surface area contributed by atoms with Crippen LogP contribution < -0.4 is 0 Å². The lowest BCUT2D eigenvalue weighted by molar-refractivity contribution is -0.271. The fraction of sp³-hybridized carbons (Fsp3) is 0.579. The summed E-state index contributed by atoms with van der Waals surface area (Å²) in [4.78, 5) is 16.4. The summed E-state index contributed by atoms with van der Waals surface area (Å²) in [7, 11) is 0. The van der Waals surface area contributed by atoms with Gasteiger partial charge in [0.1, 0.15) is 6.61 Å². The number of carbonyl (C=O) groups is 1. The van der Waals surface area contributed by atoms with Gasteiger partial charge in [-0.1, -0.05) is 35.0 Å². The Morgan fingerprint density at radius 3 is 2.52 bits per heavy atom. The first-order chi connectivity index (χ1) is 11.9. The van der Waals surface area contributed by atoms with Crippen LogP contribution in [0, 0.1) is 12.8 Å². The SMILES string of the molecule is CC(=NOCCCCC1COC(C)(C(=O)O)OC1)c1ccc(C)cc1. The molecule has 138 valence electrons. The molecule has 0 aliphatic carbocycles. The number of carboxylic acids is 1. The van der Waals surface area contributed by atoms with Crippen LogP contribution in [-0.2, 0) is 19.1 Å². The Balaban J connectivity index is 1.60. The Hall–Kier alpha value is -1.92. The minimum atomic E-state index is -1.50. The zero-order valence-electron chi connectivity index (χ0n) is 15.2. The van der Waals surface area contributed by atoms with Crippen molar-refractivity contribution >= 4 is 11.7 Å². The minimum absolute atomic E-state index is 0.227. The van der Waals surface area contributed by atoms with Gasteiger partial charge in [0.15, 0.2) is 0 Å². The summed E-state index contributed by atoms with van der Waals surface area (Å²) in [5.74, 6) is -2.35. The van der Waals surface area contributed by atoms with Crippen LogP contribution in [0.25, 0.3) is 0 Å². The molecule has 1 aromatic rings. The van der Waals surface area contributed by atoms with Gasteiger partial charge in [-0.3, -0.25) is 0 Å². The first-order valence-electron chi connectivity index (χ1n) is 8.65. The smallest absolute Gasteiger partial charge is 0.364 e. The summed E-state index contributed by atoms with van der Waals surface area (Å²) in [6.45, 7) is 6.80. The van der Waals surface area contributed by atoms with Crippen LogP contribution in [-0.4, -0.2) is 42.4 Å². The molecule has 6 heteroatoms. The van der Waals surface area contributed by atoms with Crippen LogP contribution in [0.4, 0.5) is 0 Å². The summed E-state index contributed by atoms with van der Waals surface area (Å²) in [6.07, 6.45) is 2.76. The number of hydrogen-bond donors (Lipinski definition) is 1. The molecule has 1 heterocycles. The van der Waals surface area contributed by atoms with E-state index in [1.54, 1.807) is 0 Å². The van der Waals surface area contributed by atoms with Crippen molar-refractivity contribution in [2.45, 2.75) is 45.8 Å². The largest absolute Gasteiger partial charge is 0.477 e. The minimum Gasteiger partial charge on any atom is -0.477 e. The zero-order chi connectivity index (χ0) is 18.3. The average molecular weight is 349 g/mol. The van der Waals surface area contributed by atoms with Gasteiger partial charge >= 0.3 is 5.97 Å². The fourth-order valence-electron chi connectivity index (χ4n) is 2.52. The summed E-state index contributed by atoms with van der Waals surface area (Å²) in [5, 5.41) is 13.2. The molecule has 0 atom stereocenters. The van der Waals surface area contributed by atoms with Crippen LogP contribution in [0.1, 0.15) is 44.2 Å². The third kappa shape index (κ3) is 5.83. The highest BCUT2D eigenvalue weighted by molar-refractivity contribution is 5.98. The van der Waals surface area contributed by atoms with Crippen LogP contribution in [0.2, 0.25) is 0 Å². The number of rotatable bonds is 8. The van der Waals surface area contributed by atoms with Gasteiger partial charge in [0.05, 0.1) is 18.9 Å². The molecule has 1 saturated heterocycles. The number of aryl methyl sites for hydroxylation is 1. The van der Waals surface area contributed by atoms with Crippen molar-refractivity contribution in [1.29, 1.82) is 0 Å². The Morgan fingerprint density at radius 1 is 1.28 bits per heavy atom. The van der Waals surface area contributed by atoms with E-state index in [0.717, 1.165) is 30.5 Å². The van der Waals surface area contributed by atoms with Gasteiger partial charge in [0.2, 0.25) is 0 Å². The molecule has 1 aliphatic heterocycles. The topological polar surface area (TPSA) is 77.4 Å². The van der Waals surface area contributed by atoms with Crippen LogP contribution in [0.3, 0.4) is 0 Å². The Labute approximate surface area is 148 Å². The van der Waals surface area contributed by atoms with Gasteiger partial charge in [0.25, 0.3) is 5.79 Å². The number of hydrogen-bond acceptors (Lipinski definition) is 5. The molecular weight excluding hydrogens is 322 g/mol. The van der Waals surface area contributed by atoms with E-state index in [2.05, 4.69) is 24.2 Å². The third-order valence-electron chi connectivity index (χ3n) is 4.35. The van der Waals surface area contributed by atoms with E-state index in [4.69, 9.17) is 19.4 Å². The second-order valence-corrected chi connectivity index (χ2v) is 6.61. The third-order valence-corrected chi connectivity index (χ3v) is 4.35. The molecule has 0 saturated carbocycles. The highest BCUT2D eigenvalue weighted by atomic mass is 16.7. The molecule has 2 rings (SSSR count). The standard InChI is InChI=1S/C19H27NO5/c1-14-7-9-17(10-8-14)15(2)20-25-11-5-4-6-16-12-23-19(3,18(21)22)24-13-16/h7-10,16H,4-6,11-13H2,1-3H3,(H,21,22). The predicted molar refractivity (Wildman–Crippen MR) is 94.6 cm³/mol. The molecule has 1 aromatic carbocycles. The molecule has 25 heavy (non-hydrogen) atoms. The lowest BCUT2D eigenvalue weighted by atomic mass is 10.0. The average Bonchev–Trinajstić information content (AvgIpc) is 2.60. The normalized spacial score (nSPS) is 24.1. The number of nitrogens with zero attached hydrogens (tertiary/aromatic N) is 1. The maximum Gasteiger partial charge on any atom is 0.364 e. The molecule has 1 aliphatic rings. The number of ether oxygens (including phenoxy) is 2. The lowest BCUT2D eigenvalue weighted by Crippen LogP contribution is -2.47. The quantitative estimate of drug-likeness (QED) is 0.442. The van der Waals surface area contributed by atoms with E-state index >= 15 is 0 Å². The second kappa shape index (κ2) is 8.97. The van der Waals surface area contributed by atoms with Gasteiger partial charge in [0, 0.05) is 12.8 Å². The lowest BCUT2D eigenvalue weighted by Gasteiger charge is -2.34. The maximum absolute atomic E-state index is 11.0. The van der Waals surface area contributed by atoms with Gasteiger partial charge in [-0.2, -0.15) is 0 Å². The van der Waals surface area contributed by atoms with E-state index < -0.39 is 11.8 Å². The summed E-state index contributed by atoms with van der Waals surface area (Å²) in [6, 6.07) is 8.17. The first kappa shape index (κ1) is 19.4. The molecule has 1 N–H and O–H groups in total. The summed E-state index contributed by atoms with van der Waals surface area (Å²) < 4.78 is 10.7. The van der Waals surface area contributed by atoms with Crippen LogP contribution in [0.15, 0.2) is 29.4 Å². The zero-order valence-corrected chi connectivity index (χ0v) is 15.2. The second-order valence-electron chi connectivity index (χ2n) is 6.61. The molecular formula is C19H27NO5. The molecule has 6 nitrogen and oxygen atoms in total. The fourth-order valence-corrected chi connectivity index (χ4v) is 2.52. The summed E-state index contributed by atoms with van der Waals surface area (Å²) >= 11 is 0. The Bertz CT molecular complexity index is 588. The molecule has 0 spiro atoms. The van der Waals surface area contributed by atoms with Crippen molar-refractivity contribution in [3.05, 3.63) is 35.4 Å². The van der Waals surface area contributed by atoms with Crippen molar-refractivity contribution in [2.75, 3.05) is 19.8 Å². The van der Waals surface area contributed by atoms with E-state index in [0.29, 0.717) is 19.8 Å². The van der Waals surface area contributed by atoms with Gasteiger partial charge in [-0.05, 0) is 38.7 Å². The van der Waals surface area contributed by atoms with Crippen molar-refractivity contribution in [3.63, 3.8) is 0 Å². The summed E-state index contributed by atoms with van der Waals surface area (Å²) in [5.41, 5.74) is 3.14. The number of benzene rings is 1. The van der Waals surface area contributed by atoms with Gasteiger partial charge < -0.3 is 19.4 Å². The Kier molecular flexibility index (Phi) is 6.96. The van der Waals surface area contributed by atoms with Gasteiger partial charge in [-0.15, -0.1) is 0 Å². The number of carboxylic acid groups (broad SMARTS) is 1. The van der Waals surface area contributed by atoms with Crippen LogP contribution in [0.5, 0.6) is 0 Å². The van der Waals surface area contributed by atoms with Crippen molar-refractivity contribution in [1.82, 2.24) is 0 Å². The van der Waals surface area contributed by atoms with E-state index in [9.17, 15) is 4.79 Å². The first-order valence-corrected chi connectivity index (χ1v) is 8.65. The molecule has 1 fully saturated rings. The maximum atomic E-state index is 11.0. The van der Waals surface area contributed by atoms with Gasteiger partial charge in [-0.25, -0.2) is 4.79 Å². The molecule has 0 bridgehead atoms. The van der Waals surface area contributed by atoms with Crippen molar-refractivity contribution in [3.8, 4) is 0 Å². The number of aliphatic carboxylic acids is 1. The molecule has 0 unspecified atom stereocenters. The molecule has 0 amide bonds.